The lowest BCUT2D eigenvalue weighted by atomic mass is 9.87. The van der Waals surface area contributed by atoms with Gasteiger partial charge >= 0.3 is 7.75 Å². The minimum atomic E-state index is -3.75. The Morgan fingerprint density at radius 1 is 0.976 bits per heavy atom. The molecule has 0 bridgehead atoms. The van der Waals surface area contributed by atoms with Crippen LogP contribution in [0.2, 0.25) is 5.02 Å². The fraction of sp³-hybridized carbons (Fsp3) is 0.438. The van der Waals surface area contributed by atoms with E-state index in [4.69, 9.17) is 34.9 Å². The molecular weight excluding hydrogens is 575 g/mol. The Kier molecular flexibility index (Phi) is 12.7. The third-order valence-electron chi connectivity index (χ3n) is 6.60. The molecule has 10 heteroatoms. The predicted molar refractivity (Wildman–Crippen MR) is 169 cm³/mol. The molecule has 0 fully saturated rings. The van der Waals surface area contributed by atoms with Gasteiger partial charge < -0.3 is 23.6 Å². The van der Waals surface area contributed by atoms with Crippen molar-refractivity contribution < 1.29 is 27.8 Å². The fourth-order valence-corrected chi connectivity index (χ4v) is 5.37. The summed E-state index contributed by atoms with van der Waals surface area (Å²) in [5, 5.41) is 2.99. The van der Waals surface area contributed by atoms with Crippen LogP contribution in [0, 0.1) is 0 Å². The molecule has 230 valence electrons. The van der Waals surface area contributed by atoms with Gasteiger partial charge in [-0.3, -0.25) is 4.52 Å². The molecule has 0 aliphatic carbocycles. The summed E-state index contributed by atoms with van der Waals surface area (Å²) in [7, 11) is 3.32. The summed E-state index contributed by atoms with van der Waals surface area (Å²) < 4.78 is 42.1. The molecule has 0 amide bonds. The third-order valence-corrected chi connectivity index (χ3v) is 8.33. The first-order chi connectivity index (χ1) is 19.9. The SMILES string of the molecule is CNP(=O)(OCO[C@@H](COc1ccccc1CCc1cccc(OC)c1)CN(C)C)Oc1ccc(C(C)(C)C)cc1Cl. The van der Waals surface area contributed by atoms with E-state index in [9.17, 15) is 4.57 Å². The lowest BCUT2D eigenvalue weighted by Gasteiger charge is -2.24. The number of para-hydroxylation sites is 1. The first kappa shape index (κ1) is 33.9. The predicted octanol–water partition coefficient (Wildman–Crippen LogP) is 7.14. The molecule has 2 atom stereocenters. The molecule has 0 saturated carbocycles. The molecule has 3 aromatic rings. The van der Waals surface area contributed by atoms with E-state index in [2.05, 4.69) is 38.0 Å². The highest BCUT2D eigenvalue weighted by atomic mass is 35.5. The van der Waals surface area contributed by atoms with Crippen molar-refractivity contribution in [1.29, 1.82) is 0 Å². The van der Waals surface area contributed by atoms with E-state index in [1.54, 1.807) is 13.2 Å². The van der Waals surface area contributed by atoms with E-state index >= 15 is 0 Å². The Balaban J connectivity index is 1.59. The standard InChI is InChI=1S/C32H44ClN2O6P/c1-32(2,3)26-17-18-31(29(33)20-26)41-42(36,34-4)40-23-39-28(21-35(5)6)22-38-30-14-9-8-12-25(30)16-15-24-11-10-13-27(19-24)37-7/h8-14,17-20,28H,15-16,21-23H2,1-7H3,(H,34,36)/t28-,42?/m1/s1. The topological polar surface area (TPSA) is 78.5 Å². The first-order valence-corrected chi connectivity index (χ1v) is 15.9. The van der Waals surface area contributed by atoms with Gasteiger partial charge in [0.1, 0.15) is 30.0 Å². The summed E-state index contributed by atoms with van der Waals surface area (Å²) in [5.41, 5.74) is 3.25. The number of methoxy groups -OCH3 is 1. The van der Waals surface area contributed by atoms with Crippen molar-refractivity contribution >= 4 is 19.3 Å². The van der Waals surface area contributed by atoms with Crippen molar-refractivity contribution in [2.75, 3.05) is 48.2 Å². The monoisotopic (exact) mass is 618 g/mol. The highest BCUT2D eigenvalue weighted by Crippen LogP contribution is 2.46. The zero-order valence-corrected chi connectivity index (χ0v) is 27.3. The lowest BCUT2D eigenvalue weighted by Crippen LogP contribution is -2.34. The summed E-state index contributed by atoms with van der Waals surface area (Å²) in [6.07, 6.45) is 1.31. The Bertz CT molecular complexity index is 1330. The van der Waals surface area contributed by atoms with Gasteiger partial charge in [-0.05, 0) is 86.4 Å². The maximum absolute atomic E-state index is 13.3. The van der Waals surface area contributed by atoms with Gasteiger partial charge in [-0.1, -0.05) is 68.8 Å². The Morgan fingerprint density at radius 2 is 1.74 bits per heavy atom. The van der Waals surface area contributed by atoms with Crippen molar-refractivity contribution in [2.24, 2.45) is 0 Å². The molecule has 3 aromatic carbocycles. The van der Waals surface area contributed by atoms with Crippen LogP contribution in [0.15, 0.2) is 66.7 Å². The molecule has 3 rings (SSSR count). The molecular formula is C32H44ClN2O6P. The maximum Gasteiger partial charge on any atom is 0.460 e. The van der Waals surface area contributed by atoms with Crippen molar-refractivity contribution in [3.8, 4) is 17.2 Å². The molecule has 0 aliphatic heterocycles. The average molecular weight is 619 g/mol. The normalized spacial score (nSPS) is 13.9. The molecule has 1 unspecified atom stereocenters. The van der Waals surface area contributed by atoms with Gasteiger partial charge in [0.15, 0.2) is 6.79 Å². The van der Waals surface area contributed by atoms with Gasteiger partial charge in [-0.2, -0.15) is 0 Å². The van der Waals surface area contributed by atoms with Crippen LogP contribution in [-0.2, 0) is 32.1 Å². The van der Waals surface area contributed by atoms with Crippen LogP contribution in [0.4, 0.5) is 0 Å². The maximum atomic E-state index is 13.3. The van der Waals surface area contributed by atoms with Crippen LogP contribution < -0.4 is 19.1 Å². The highest BCUT2D eigenvalue weighted by molar-refractivity contribution is 7.52. The van der Waals surface area contributed by atoms with Gasteiger partial charge in [0.25, 0.3) is 0 Å². The quantitative estimate of drug-likeness (QED) is 0.134. The zero-order chi connectivity index (χ0) is 30.8. The second-order valence-electron chi connectivity index (χ2n) is 11.3. The number of rotatable bonds is 16. The average Bonchev–Trinajstić information content (AvgIpc) is 2.95. The Morgan fingerprint density at radius 3 is 2.40 bits per heavy atom. The number of hydrogen-bond donors (Lipinski definition) is 1. The Labute approximate surface area is 255 Å². The first-order valence-electron chi connectivity index (χ1n) is 14.0. The molecule has 0 spiro atoms. The molecule has 0 aromatic heterocycles. The third kappa shape index (κ3) is 10.6. The van der Waals surface area contributed by atoms with Crippen LogP contribution in [0.5, 0.6) is 17.2 Å². The Hall–Kier alpha value is -2.58. The molecule has 8 nitrogen and oxygen atoms in total. The van der Waals surface area contributed by atoms with E-state index in [1.165, 1.54) is 12.6 Å². The molecule has 0 heterocycles. The van der Waals surface area contributed by atoms with Crippen LogP contribution >= 0.6 is 19.3 Å². The number of nitrogens with zero attached hydrogens (tertiary/aromatic N) is 1. The molecule has 0 radical (unpaired) electrons. The van der Waals surface area contributed by atoms with E-state index in [1.807, 2.05) is 67.5 Å². The number of benzene rings is 3. The summed E-state index contributed by atoms with van der Waals surface area (Å²) in [4.78, 5) is 1.99. The fourth-order valence-electron chi connectivity index (χ4n) is 4.21. The number of aryl methyl sites for hydroxylation is 2. The highest BCUT2D eigenvalue weighted by Gasteiger charge is 2.27. The molecule has 1 N–H and O–H groups in total. The number of nitrogens with one attached hydrogen (secondary N) is 1. The molecule has 0 saturated heterocycles. The van der Waals surface area contributed by atoms with E-state index in [0.29, 0.717) is 11.6 Å². The van der Waals surface area contributed by atoms with Gasteiger partial charge in [0.2, 0.25) is 0 Å². The zero-order valence-electron chi connectivity index (χ0n) is 25.7. The van der Waals surface area contributed by atoms with Crippen LogP contribution in [0.25, 0.3) is 0 Å². The molecule has 0 aliphatic rings. The minimum absolute atomic E-state index is 0.0841. The molecule has 42 heavy (non-hydrogen) atoms. The second-order valence-corrected chi connectivity index (χ2v) is 13.6. The van der Waals surface area contributed by atoms with E-state index in [-0.39, 0.29) is 30.7 Å². The van der Waals surface area contributed by atoms with Crippen molar-refractivity contribution in [1.82, 2.24) is 9.99 Å². The van der Waals surface area contributed by atoms with Crippen molar-refractivity contribution in [3.63, 3.8) is 0 Å². The van der Waals surface area contributed by atoms with Gasteiger partial charge in [-0.15, -0.1) is 0 Å². The number of likely N-dealkylation sites (N-methyl/N-ethyl adjacent to an activating group) is 1. The van der Waals surface area contributed by atoms with Crippen molar-refractivity contribution in [2.45, 2.75) is 45.1 Å². The van der Waals surface area contributed by atoms with Crippen LogP contribution in [-0.4, -0.2) is 59.2 Å². The summed E-state index contributed by atoms with van der Waals surface area (Å²) in [5.74, 6) is 1.91. The van der Waals surface area contributed by atoms with E-state index in [0.717, 1.165) is 35.5 Å². The summed E-state index contributed by atoms with van der Waals surface area (Å²) in [6.45, 7) is 6.85. The summed E-state index contributed by atoms with van der Waals surface area (Å²) in [6, 6.07) is 21.5. The van der Waals surface area contributed by atoms with Gasteiger partial charge in [0.05, 0.1) is 12.1 Å². The number of ether oxygens (including phenoxy) is 3. The number of halogens is 1. The lowest BCUT2D eigenvalue weighted by molar-refractivity contribution is -0.0635. The second kappa shape index (κ2) is 15.8. The minimum Gasteiger partial charge on any atom is -0.497 e. The van der Waals surface area contributed by atoms with Crippen LogP contribution in [0.3, 0.4) is 0 Å². The van der Waals surface area contributed by atoms with Gasteiger partial charge in [0, 0.05) is 6.54 Å². The van der Waals surface area contributed by atoms with Crippen molar-refractivity contribution in [3.05, 3.63) is 88.4 Å². The smallest absolute Gasteiger partial charge is 0.460 e. The summed E-state index contributed by atoms with van der Waals surface area (Å²) >= 11 is 6.43. The van der Waals surface area contributed by atoms with Crippen LogP contribution in [0.1, 0.15) is 37.5 Å². The number of hydrogen-bond acceptors (Lipinski definition) is 7. The van der Waals surface area contributed by atoms with Gasteiger partial charge in [-0.25, -0.2) is 9.65 Å². The largest absolute Gasteiger partial charge is 0.497 e. The van der Waals surface area contributed by atoms with E-state index < -0.39 is 7.75 Å².